The lowest BCUT2D eigenvalue weighted by atomic mass is 10.1. The summed E-state index contributed by atoms with van der Waals surface area (Å²) in [5.41, 5.74) is 1.88. The van der Waals surface area contributed by atoms with Crippen LogP contribution in [0.15, 0.2) is 48.7 Å². The molecule has 0 aliphatic carbocycles. The minimum absolute atomic E-state index is 0.0495. The number of aliphatic hydroxyl groups excluding tert-OH is 1. The van der Waals surface area contributed by atoms with Gasteiger partial charge in [0.2, 0.25) is 0 Å². The molecule has 5 nitrogen and oxygen atoms in total. The van der Waals surface area contributed by atoms with Crippen LogP contribution in [0.2, 0.25) is 0 Å². The number of H-pyrrole nitrogens is 1. The van der Waals surface area contributed by atoms with E-state index in [0.29, 0.717) is 11.1 Å². The Balaban J connectivity index is 1.65. The molecule has 3 N–H and O–H groups in total. The quantitative estimate of drug-likeness (QED) is 0.691. The number of nitrogens with zero attached hydrogens (tertiary/aromatic N) is 1. The number of benzene rings is 2. The number of nitrogens with one attached hydrogen (secondary N) is 2. The normalized spacial score (nSPS) is 12.3. The van der Waals surface area contributed by atoms with Gasteiger partial charge in [-0.05, 0) is 35.9 Å². The largest absolute Gasteiger partial charge is 0.387 e. The van der Waals surface area contributed by atoms with Crippen LogP contribution in [0.4, 0.5) is 4.39 Å². The Labute approximate surface area is 125 Å². The van der Waals surface area contributed by atoms with E-state index in [-0.39, 0.29) is 18.3 Å². The van der Waals surface area contributed by atoms with Crippen LogP contribution in [-0.4, -0.2) is 27.8 Å². The first-order valence-corrected chi connectivity index (χ1v) is 6.78. The average Bonchev–Trinajstić information content (AvgIpc) is 3.00. The van der Waals surface area contributed by atoms with Crippen LogP contribution < -0.4 is 5.32 Å². The van der Waals surface area contributed by atoms with Crippen molar-refractivity contribution in [1.82, 2.24) is 15.5 Å². The molecule has 1 heterocycles. The van der Waals surface area contributed by atoms with Gasteiger partial charge in [-0.2, -0.15) is 5.10 Å². The molecule has 0 aliphatic rings. The fourth-order valence-corrected chi connectivity index (χ4v) is 2.18. The zero-order valence-corrected chi connectivity index (χ0v) is 11.6. The summed E-state index contributed by atoms with van der Waals surface area (Å²) in [6, 6.07) is 10.7. The molecule has 1 aromatic heterocycles. The van der Waals surface area contributed by atoms with Gasteiger partial charge in [0.05, 0.1) is 17.8 Å². The van der Waals surface area contributed by atoms with Crippen LogP contribution in [0, 0.1) is 5.82 Å². The maximum absolute atomic E-state index is 12.8. The molecule has 0 spiro atoms. The second-order valence-corrected chi connectivity index (χ2v) is 4.95. The topological polar surface area (TPSA) is 78.0 Å². The van der Waals surface area contributed by atoms with Crippen LogP contribution in [0.25, 0.3) is 10.9 Å². The van der Waals surface area contributed by atoms with E-state index in [9.17, 15) is 14.3 Å². The lowest BCUT2D eigenvalue weighted by molar-refractivity contribution is 0.0916. The molecule has 0 saturated carbocycles. The second kappa shape index (κ2) is 5.95. The summed E-state index contributed by atoms with van der Waals surface area (Å²) < 4.78 is 12.8. The number of hydrogen-bond acceptors (Lipinski definition) is 3. The third kappa shape index (κ3) is 2.96. The molecular weight excluding hydrogens is 285 g/mol. The van der Waals surface area contributed by atoms with Crippen molar-refractivity contribution >= 4 is 16.8 Å². The van der Waals surface area contributed by atoms with Gasteiger partial charge < -0.3 is 10.4 Å². The van der Waals surface area contributed by atoms with Crippen molar-refractivity contribution < 1.29 is 14.3 Å². The molecule has 0 radical (unpaired) electrons. The van der Waals surface area contributed by atoms with Gasteiger partial charge in [-0.1, -0.05) is 12.1 Å². The van der Waals surface area contributed by atoms with Gasteiger partial charge in [-0.15, -0.1) is 0 Å². The predicted molar refractivity (Wildman–Crippen MR) is 79.8 cm³/mol. The van der Waals surface area contributed by atoms with Gasteiger partial charge >= 0.3 is 0 Å². The number of carbonyl (C=O) groups is 1. The Morgan fingerprint density at radius 2 is 2.05 bits per heavy atom. The van der Waals surface area contributed by atoms with E-state index in [1.807, 2.05) is 0 Å². The van der Waals surface area contributed by atoms with Crippen molar-refractivity contribution in [1.29, 1.82) is 0 Å². The summed E-state index contributed by atoms with van der Waals surface area (Å²) in [6.45, 7) is 0.0495. The number of carbonyl (C=O) groups excluding carboxylic acids is 1. The second-order valence-electron chi connectivity index (χ2n) is 4.95. The molecule has 0 fully saturated rings. The third-order valence-corrected chi connectivity index (χ3v) is 3.41. The number of halogens is 1. The monoisotopic (exact) mass is 299 g/mol. The van der Waals surface area contributed by atoms with Crippen LogP contribution in [0.3, 0.4) is 0 Å². The van der Waals surface area contributed by atoms with E-state index in [1.165, 1.54) is 24.3 Å². The van der Waals surface area contributed by atoms with Gasteiger partial charge in [0.1, 0.15) is 5.82 Å². The number of aliphatic hydroxyl groups is 1. The van der Waals surface area contributed by atoms with E-state index in [1.54, 1.807) is 24.4 Å². The van der Waals surface area contributed by atoms with Crippen molar-refractivity contribution in [3.8, 4) is 0 Å². The van der Waals surface area contributed by atoms with Gasteiger partial charge in [0.15, 0.2) is 0 Å². The van der Waals surface area contributed by atoms with Crippen LogP contribution in [0.5, 0.6) is 0 Å². The molecule has 2 aromatic carbocycles. The van der Waals surface area contributed by atoms with E-state index >= 15 is 0 Å². The van der Waals surface area contributed by atoms with Crippen molar-refractivity contribution in [3.05, 3.63) is 65.6 Å². The summed E-state index contributed by atoms with van der Waals surface area (Å²) in [4.78, 5) is 12.1. The highest BCUT2D eigenvalue weighted by atomic mass is 19.1. The predicted octanol–water partition coefficient (Wildman–Crippen LogP) is 2.17. The summed E-state index contributed by atoms with van der Waals surface area (Å²) in [6.07, 6.45) is 0.752. The molecule has 3 rings (SSSR count). The highest BCUT2D eigenvalue weighted by molar-refractivity contribution is 5.97. The lowest BCUT2D eigenvalue weighted by Crippen LogP contribution is -2.28. The van der Waals surface area contributed by atoms with Crippen molar-refractivity contribution in [2.24, 2.45) is 0 Å². The van der Waals surface area contributed by atoms with Crippen molar-refractivity contribution in [2.75, 3.05) is 6.54 Å². The van der Waals surface area contributed by atoms with Gasteiger partial charge in [0, 0.05) is 17.5 Å². The van der Waals surface area contributed by atoms with Gasteiger partial charge in [0.25, 0.3) is 5.91 Å². The van der Waals surface area contributed by atoms with E-state index in [2.05, 4.69) is 15.5 Å². The number of aromatic amines is 1. The summed E-state index contributed by atoms with van der Waals surface area (Å²) >= 11 is 0. The zero-order valence-electron chi connectivity index (χ0n) is 11.6. The first kappa shape index (κ1) is 14.2. The molecule has 1 unspecified atom stereocenters. The van der Waals surface area contributed by atoms with E-state index in [0.717, 1.165) is 10.9 Å². The highest BCUT2D eigenvalue weighted by Crippen LogP contribution is 2.14. The zero-order chi connectivity index (χ0) is 15.5. The summed E-state index contributed by atoms with van der Waals surface area (Å²) in [7, 11) is 0. The smallest absolute Gasteiger partial charge is 0.251 e. The van der Waals surface area contributed by atoms with Gasteiger partial charge in [-0.25, -0.2) is 4.39 Å². The Morgan fingerprint density at radius 3 is 2.82 bits per heavy atom. The third-order valence-electron chi connectivity index (χ3n) is 3.41. The first-order valence-electron chi connectivity index (χ1n) is 6.78. The molecule has 3 aromatic rings. The summed E-state index contributed by atoms with van der Waals surface area (Å²) in [5, 5.41) is 20.2. The minimum atomic E-state index is -0.887. The molecular formula is C16H14FN3O2. The van der Waals surface area contributed by atoms with Crippen LogP contribution in [-0.2, 0) is 0 Å². The molecule has 1 atom stereocenters. The Kier molecular flexibility index (Phi) is 3.84. The Hall–Kier alpha value is -2.73. The average molecular weight is 299 g/mol. The number of amides is 1. The standard InChI is InChI=1S/C16H14FN3O2/c17-13-4-1-10(2-5-13)15(21)9-18-16(22)11-3-6-14-12(7-11)8-19-20-14/h1-8,15,21H,9H2,(H,18,22)(H,19,20). The number of fused-ring (bicyclic) bond motifs is 1. The molecule has 0 saturated heterocycles. The number of aromatic nitrogens is 2. The molecule has 6 heteroatoms. The fourth-order valence-electron chi connectivity index (χ4n) is 2.18. The first-order chi connectivity index (χ1) is 10.6. The number of rotatable bonds is 4. The fraction of sp³-hybridized carbons (Fsp3) is 0.125. The van der Waals surface area contributed by atoms with Crippen molar-refractivity contribution in [2.45, 2.75) is 6.10 Å². The maximum atomic E-state index is 12.8. The highest BCUT2D eigenvalue weighted by Gasteiger charge is 2.11. The molecule has 1 amide bonds. The molecule has 22 heavy (non-hydrogen) atoms. The molecule has 0 aliphatic heterocycles. The van der Waals surface area contributed by atoms with E-state index in [4.69, 9.17) is 0 Å². The van der Waals surface area contributed by atoms with Crippen LogP contribution in [0.1, 0.15) is 22.0 Å². The Bertz CT molecular complexity index is 799. The summed E-state index contributed by atoms with van der Waals surface area (Å²) in [5.74, 6) is -0.655. The molecule has 0 bridgehead atoms. The Morgan fingerprint density at radius 1 is 1.27 bits per heavy atom. The maximum Gasteiger partial charge on any atom is 0.251 e. The van der Waals surface area contributed by atoms with Crippen LogP contribution >= 0.6 is 0 Å². The van der Waals surface area contributed by atoms with Gasteiger partial charge in [-0.3, -0.25) is 9.89 Å². The minimum Gasteiger partial charge on any atom is -0.387 e. The lowest BCUT2D eigenvalue weighted by Gasteiger charge is -2.12. The van der Waals surface area contributed by atoms with Crippen molar-refractivity contribution in [3.63, 3.8) is 0 Å². The SMILES string of the molecule is O=C(NCC(O)c1ccc(F)cc1)c1ccc2[nH]ncc2c1. The molecule has 112 valence electrons. The van der Waals surface area contributed by atoms with E-state index < -0.39 is 6.10 Å². The number of hydrogen-bond donors (Lipinski definition) is 3.